The molecule has 2 aromatic rings. The zero-order valence-electron chi connectivity index (χ0n) is 11.2. The van der Waals surface area contributed by atoms with E-state index in [4.69, 9.17) is 5.73 Å². The van der Waals surface area contributed by atoms with E-state index in [1.54, 1.807) is 23.0 Å². The first kappa shape index (κ1) is 15.2. The number of aromatic nitrogens is 3. The quantitative estimate of drug-likeness (QED) is 0.729. The van der Waals surface area contributed by atoms with Crippen molar-refractivity contribution in [3.63, 3.8) is 0 Å². The fourth-order valence-corrected chi connectivity index (χ4v) is 2.69. The van der Waals surface area contributed by atoms with Gasteiger partial charge in [-0.2, -0.15) is 0 Å². The number of sulfonamides is 1. The van der Waals surface area contributed by atoms with Crippen molar-refractivity contribution in [2.75, 3.05) is 13.1 Å². The molecule has 0 spiro atoms. The van der Waals surface area contributed by atoms with Crippen LogP contribution in [0.1, 0.15) is 5.56 Å². The molecule has 0 aliphatic heterocycles. The summed E-state index contributed by atoms with van der Waals surface area (Å²) in [6, 6.07) is 6.41. The minimum Gasteiger partial charge on any atom is -0.320 e. The fourth-order valence-electron chi connectivity index (χ4n) is 1.62. The Bertz CT molecular complexity index is 744. The van der Waals surface area contributed by atoms with Crippen molar-refractivity contribution in [2.45, 2.75) is 11.4 Å². The van der Waals surface area contributed by atoms with Gasteiger partial charge in [0.2, 0.25) is 10.0 Å². The second-order valence-electron chi connectivity index (χ2n) is 4.10. The summed E-state index contributed by atoms with van der Waals surface area (Å²) in [4.78, 5) is 0.171. The average molecular weight is 305 g/mol. The summed E-state index contributed by atoms with van der Waals surface area (Å²) in [5.41, 5.74) is 5.91. The van der Waals surface area contributed by atoms with Gasteiger partial charge in [0.25, 0.3) is 0 Å². The molecule has 0 saturated heterocycles. The van der Waals surface area contributed by atoms with Gasteiger partial charge in [-0.25, -0.2) is 13.1 Å². The Kier molecular flexibility index (Phi) is 5.05. The highest BCUT2D eigenvalue weighted by Gasteiger charge is 2.13. The molecule has 0 atom stereocenters. The molecule has 1 aromatic carbocycles. The van der Waals surface area contributed by atoms with Crippen molar-refractivity contribution in [3.05, 3.63) is 42.2 Å². The van der Waals surface area contributed by atoms with Crippen LogP contribution in [0.25, 0.3) is 0 Å². The first-order valence-corrected chi connectivity index (χ1v) is 7.73. The smallest absolute Gasteiger partial charge is 0.240 e. The van der Waals surface area contributed by atoms with E-state index in [1.807, 2.05) is 0 Å². The lowest BCUT2D eigenvalue weighted by atomic mass is 10.2. The van der Waals surface area contributed by atoms with E-state index in [1.165, 1.54) is 18.3 Å². The number of nitrogens with two attached hydrogens (primary N) is 1. The molecule has 0 amide bonds. The van der Waals surface area contributed by atoms with Crippen LogP contribution in [0.4, 0.5) is 0 Å². The molecule has 1 heterocycles. The van der Waals surface area contributed by atoms with Crippen molar-refractivity contribution < 1.29 is 8.42 Å². The van der Waals surface area contributed by atoms with Crippen molar-refractivity contribution in [1.82, 2.24) is 19.7 Å². The maximum atomic E-state index is 12.2. The SMILES string of the molecule is NCC#Cc1cccc(S(=O)(=O)NCCn2ccnn2)c1. The molecule has 0 fully saturated rings. The molecule has 110 valence electrons. The third-order valence-corrected chi connectivity index (χ3v) is 4.04. The van der Waals surface area contributed by atoms with Crippen LogP contribution in [0.15, 0.2) is 41.6 Å². The van der Waals surface area contributed by atoms with Crippen molar-refractivity contribution in [3.8, 4) is 11.8 Å². The standard InChI is InChI=1S/C13H15N5O2S/c14-6-2-4-12-3-1-5-13(11-12)21(19,20)16-8-10-18-9-7-15-17-18/h1,3,5,7,9,11,16H,6,8,10,14H2. The number of rotatable bonds is 5. The molecule has 0 unspecified atom stereocenters. The van der Waals surface area contributed by atoms with Crippen LogP contribution in [0.3, 0.4) is 0 Å². The largest absolute Gasteiger partial charge is 0.320 e. The topological polar surface area (TPSA) is 103 Å². The Morgan fingerprint density at radius 3 is 2.95 bits per heavy atom. The molecule has 0 aliphatic rings. The molecular weight excluding hydrogens is 290 g/mol. The van der Waals surface area contributed by atoms with E-state index in [0.29, 0.717) is 12.1 Å². The van der Waals surface area contributed by atoms with Crippen molar-refractivity contribution in [1.29, 1.82) is 0 Å². The van der Waals surface area contributed by atoms with Gasteiger partial charge in [0.05, 0.1) is 24.2 Å². The number of hydrogen-bond acceptors (Lipinski definition) is 5. The van der Waals surface area contributed by atoms with Crippen LogP contribution < -0.4 is 10.5 Å². The van der Waals surface area contributed by atoms with Gasteiger partial charge in [-0.15, -0.1) is 5.10 Å². The van der Waals surface area contributed by atoms with E-state index in [9.17, 15) is 8.42 Å². The molecular formula is C13H15N5O2S. The maximum Gasteiger partial charge on any atom is 0.240 e. The zero-order valence-corrected chi connectivity index (χ0v) is 12.0. The van der Waals surface area contributed by atoms with Crippen LogP contribution in [-0.2, 0) is 16.6 Å². The minimum absolute atomic E-state index is 0.171. The highest BCUT2D eigenvalue weighted by molar-refractivity contribution is 7.89. The Labute approximate surface area is 123 Å². The van der Waals surface area contributed by atoms with Gasteiger partial charge < -0.3 is 5.73 Å². The average Bonchev–Trinajstić information content (AvgIpc) is 2.98. The predicted molar refractivity (Wildman–Crippen MR) is 77.6 cm³/mol. The molecule has 21 heavy (non-hydrogen) atoms. The van der Waals surface area contributed by atoms with Crippen LogP contribution >= 0.6 is 0 Å². The second-order valence-corrected chi connectivity index (χ2v) is 5.86. The van der Waals surface area contributed by atoms with Gasteiger partial charge in [0.15, 0.2) is 0 Å². The summed E-state index contributed by atoms with van der Waals surface area (Å²) < 4.78 is 28.4. The first-order valence-electron chi connectivity index (χ1n) is 6.24. The molecule has 0 bridgehead atoms. The molecule has 7 nitrogen and oxygen atoms in total. The van der Waals surface area contributed by atoms with Gasteiger partial charge in [-0.3, -0.25) is 4.68 Å². The molecule has 0 saturated carbocycles. The lowest BCUT2D eigenvalue weighted by Crippen LogP contribution is -2.27. The number of benzene rings is 1. The van der Waals surface area contributed by atoms with Crippen molar-refractivity contribution in [2.24, 2.45) is 5.73 Å². The van der Waals surface area contributed by atoms with E-state index < -0.39 is 10.0 Å². The number of hydrogen-bond donors (Lipinski definition) is 2. The third kappa shape index (κ3) is 4.39. The zero-order chi connectivity index (χ0) is 15.1. The van der Waals surface area contributed by atoms with Gasteiger partial charge in [0, 0.05) is 18.3 Å². The molecule has 3 N–H and O–H groups in total. The van der Waals surface area contributed by atoms with E-state index in [-0.39, 0.29) is 18.0 Å². The highest BCUT2D eigenvalue weighted by Crippen LogP contribution is 2.10. The Morgan fingerprint density at radius 1 is 1.38 bits per heavy atom. The van der Waals surface area contributed by atoms with Crippen LogP contribution in [-0.4, -0.2) is 36.5 Å². The predicted octanol–water partition coefficient (Wildman–Crippen LogP) is -0.433. The summed E-state index contributed by atoms with van der Waals surface area (Å²) in [6.45, 7) is 0.865. The van der Waals surface area contributed by atoms with Crippen LogP contribution in [0.5, 0.6) is 0 Å². The van der Waals surface area contributed by atoms with Gasteiger partial charge in [0.1, 0.15) is 0 Å². The Balaban J connectivity index is 2.04. The highest BCUT2D eigenvalue weighted by atomic mass is 32.2. The summed E-state index contributed by atoms with van der Waals surface area (Å²) in [6.07, 6.45) is 3.20. The number of nitrogens with zero attached hydrogens (tertiary/aromatic N) is 3. The van der Waals surface area contributed by atoms with Crippen LogP contribution in [0, 0.1) is 11.8 Å². The molecule has 2 rings (SSSR count). The molecule has 1 aromatic heterocycles. The van der Waals surface area contributed by atoms with E-state index >= 15 is 0 Å². The van der Waals surface area contributed by atoms with E-state index in [2.05, 4.69) is 26.9 Å². The lowest BCUT2D eigenvalue weighted by molar-refractivity contribution is 0.553. The lowest BCUT2D eigenvalue weighted by Gasteiger charge is -2.07. The monoisotopic (exact) mass is 305 g/mol. The summed E-state index contributed by atoms with van der Waals surface area (Å²) in [7, 11) is -3.57. The molecule has 0 radical (unpaired) electrons. The van der Waals surface area contributed by atoms with Gasteiger partial charge in [-0.05, 0) is 18.2 Å². The van der Waals surface area contributed by atoms with Crippen LogP contribution in [0.2, 0.25) is 0 Å². The number of nitrogens with one attached hydrogen (secondary N) is 1. The van der Waals surface area contributed by atoms with Gasteiger partial charge in [-0.1, -0.05) is 23.1 Å². The third-order valence-electron chi connectivity index (χ3n) is 2.58. The van der Waals surface area contributed by atoms with Gasteiger partial charge >= 0.3 is 0 Å². The molecule has 0 aliphatic carbocycles. The summed E-state index contributed by atoms with van der Waals surface area (Å²) in [5.74, 6) is 5.49. The summed E-state index contributed by atoms with van der Waals surface area (Å²) >= 11 is 0. The Hall–Kier alpha value is -2.21. The second kappa shape index (κ2) is 6.99. The van der Waals surface area contributed by atoms with E-state index in [0.717, 1.165) is 0 Å². The Morgan fingerprint density at radius 2 is 2.24 bits per heavy atom. The molecule has 8 heteroatoms. The minimum atomic E-state index is -3.57. The summed E-state index contributed by atoms with van der Waals surface area (Å²) in [5, 5.41) is 7.40. The fraction of sp³-hybridized carbons (Fsp3) is 0.231. The maximum absolute atomic E-state index is 12.2. The first-order chi connectivity index (χ1) is 10.1. The normalized spacial score (nSPS) is 10.9. The van der Waals surface area contributed by atoms with Crippen molar-refractivity contribution >= 4 is 10.0 Å².